The Bertz CT molecular complexity index is 964. The van der Waals surface area contributed by atoms with E-state index in [0.717, 1.165) is 31.1 Å². The van der Waals surface area contributed by atoms with Crippen LogP contribution in [-0.4, -0.2) is 36.2 Å². The third kappa shape index (κ3) is 5.27. The molecule has 3 fully saturated rings. The Morgan fingerprint density at radius 1 is 0.971 bits per heavy atom. The number of rotatable bonds is 5. The van der Waals surface area contributed by atoms with Crippen LogP contribution in [0.25, 0.3) is 10.8 Å². The van der Waals surface area contributed by atoms with Crippen molar-refractivity contribution in [2.24, 2.45) is 11.8 Å². The van der Waals surface area contributed by atoms with Crippen molar-refractivity contribution in [3.63, 3.8) is 0 Å². The molecule has 2 bridgehead atoms. The third-order valence-electron chi connectivity index (χ3n) is 8.34. The average Bonchev–Trinajstić information content (AvgIpc) is 3.09. The van der Waals surface area contributed by atoms with E-state index in [-0.39, 0.29) is 11.9 Å². The van der Waals surface area contributed by atoms with Gasteiger partial charge in [0.2, 0.25) is 0 Å². The first-order valence-corrected chi connectivity index (χ1v) is 13.5. The molecule has 2 unspecified atom stereocenters. The molecule has 4 nitrogen and oxygen atoms in total. The van der Waals surface area contributed by atoms with E-state index in [4.69, 9.17) is 9.47 Å². The normalized spacial score (nSPS) is 28.8. The minimum atomic E-state index is -0.0245. The Hall–Kier alpha value is -2.07. The van der Waals surface area contributed by atoms with Gasteiger partial charge < -0.3 is 9.47 Å². The van der Waals surface area contributed by atoms with Gasteiger partial charge in [0.25, 0.3) is 0 Å². The van der Waals surface area contributed by atoms with Gasteiger partial charge >= 0.3 is 5.97 Å². The molecule has 5 rings (SSSR count). The van der Waals surface area contributed by atoms with Crippen molar-refractivity contribution in [1.29, 1.82) is 0 Å². The van der Waals surface area contributed by atoms with Crippen molar-refractivity contribution < 1.29 is 14.3 Å². The molecule has 2 aliphatic heterocycles. The number of carbonyl (C=O) groups excluding carboxylic acids is 1. The fourth-order valence-electron chi connectivity index (χ4n) is 6.37. The second-order valence-electron chi connectivity index (χ2n) is 10.5. The molecule has 1 saturated carbocycles. The SMILES string of the molecule is CC.COC(=O)C1CC2CCC(C1)N2Cc1ccc2c(C)c(OC3CCC(C)CC3)ccc2c1. The summed E-state index contributed by atoms with van der Waals surface area (Å²) in [5.74, 6) is 1.95. The fourth-order valence-corrected chi connectivity index (χ4v) is 6.37. The highest BCUT2D eigenvalue weighted by Gasteiger charge is 2.43. The lowest BCUT2D eigenvalue weighted by molar-refractivity contribution is -0.148. The van der Waals surface area contributed by atoms with Crippen LogP contribution in [0.5, 0.6) is 5.75 Å². The molecule has 0 spiro atoms. The second-order valence-corrected chi connectivity index (χ2v) is 10.5. The standard InChI is InChI=1S/C28H37NO3.C2H6/c1-18-4-10-25(11-5-18)32-27-13-7-21-14-20(6-12-26(21)19(27)2)17-29-23-8-9-24(29)16-22(15-23)28(30)31-3;1-2/h6-7,12-14,18,22-25H,4-5,8-11,15-17H2,1-3H3;1-2H3. The van der Waals surface area contributed by atoms with Gasteiger partial charge in [0.15, 0.2) is 0 Å². The van der Waals surface area contributed by atoms with Crippen LogP contribution in [-0.2, 0) is 16.1 Å². The predicted octanol–water partition coefficient (Wildman–Crippen LogP) is 7.05. The van der Waals surface area contributed by atoms with Crippen LogP contribution in [0.1, 0.15) is 83.3 Å². The molecule has 0 radical (unpaired) electrons. The Kier molecular flexibility index (Phi) is 8.18. The number of ether oxygens (including phenoxy) is 2. The lowest BCUT2D eigenvalue weighted by Gasteiger charge is -2.38. The minimum absolute atomic E-state index is 0.0245. The van der Waals surface area contributed by atoms with Crippen LogP contribution < -0.4 is 4.74 Å². The maximum absolute atomic E-state index is 12.0. The molecule has 2 atom stereocenters. The van der Waals surface area contributed by atoms with Gasteiger partial charge in [-0.1, -0.05) is 39.0 Å². The van der Waals surface area contributed by atoms with Gasteiger partial charge in [-0.2, -0.15) is 0 Å². The number of carbonyl (C=O) groups is 1. The smallest absolute Gasteiger partial charge is 0.308 e. The summed E-state index contributed by atoms with van der Waals surface area (Å²) in [5.41, 5.74) is 2.62. The lowest BCUT2D eigenvalue weighted by Crippen LogP contribution is -2.44. The van der Waals surface area contributed by atoms with Crippen molar-refractivity contribution >= 4 is 16.7 Å². The van der Waals surface area contributed by atoms with E-state index in [1.807, 2.05) is 13.8 Å². The number of esters is 1. The number of methoxy groups -OCH3 is 1. The van der Waals surface area contributed by atoms with Crippen molar-refractivity contribution in [3.05, 3.63) is 41.5 Å². The summed E-state index contributed by atoms with van der Waals surface area (Å²) in [4.78, 5) is 14.7. The summed E-state index contributed by atoms with van der Waals surface area (Å²) in [5, 5.41) is 2.59. The maximum atomic E-state index is 12.0. The summed E-state index contributed by atoms with van der Waals surface area (Å²) < 4.78 is 11.4. The summed E-state index contributed by atoms with van der Waals surface area (Å²) in [7, 11) is 1.51. The maximum Gasteiger partial charge on any atom is 0.308 e. The van der Waals surface area contributed by atoms with Gasteiger partial charge in [-0.25, -0.2) is 0 Å². The predicted molar refractivity (Wildman–Crippen MR) is 139 cm³/mol. The monoisotopic (exact) mass is 465 g/mol. The number of hydrogen-bond donors (Lipinski definition) is 0. The van der Waals surface area contributed by atoms with Crippen molar-refractivity contribution in [2.75, 3.05) is 7.11 Å². The zero-order valence-electron chi connectivity index (χ0n) is 21.8. The first kappa shape index (κ1) is 25.0. The van der Waals surface area contributed by atoms with Gasteiger partial charge in [-0.15, -0.1) is 0 Å². The molecule has 2 heterocycles. The van der Waals surface area contributed by atoms with E-state index in [2.05, 4.69) is 49.1 Å². The van der Waals surface area contributed by atoms with E-state index in [0.29, 0.717) is 18.2 Å². The highest BCUT2D eigenvalue weighted by atomic mass is 16.5. The first-order valence-electron chi connectivity index (χ1n) is 13.5. The highest BCUT2D eigenvalue weighted by molar-refractivity contribution is 5.88. The molecule has 0 N–H and O–H groups in total. The van der Waals surface area contributed by atoms with Crippen LogP contribution in [0.2, 0.25) is 0 Å². The number of benzene rings is 2. The van der Waals surface area contributed by atoms with Crippen LogP contribution in [0.4, 0.5) is 0 Å². The minimum Gasteiger partial charge on any atom is -0.490 e. The highest BCUT2D eigenvalue weighted by Crippen LogP contribution is 2.40. The Morgan fingerprint density at radius 3 is 2.29 bits per heavy atom. The number of aryl methyl sites for hydroxylation is 1. The number of hydrogen-bond acceptors (Lipinski definition) is 4. The van der Waals surface area contributed by atoms with E-state index in [1.165, 1.54) is 67.5 Å². The summed E-state index contributed by atoms with van der Waals surface area (Å²) >= 11 is 0. The van der Waals surface area contributed by atoms with Crippen LogP contribution in [0.3, 0.4) is 0 Å². The molecule has 2 aromatic rings. The summed E-state index contributed by atoms with van der Waals surface area (Å²) in [6, 6.07) is 12.3. The van der Waals surface area contributed by atoms with E-state index < -0.39 is 0 Å². The van der Waals surface area contributed by atoms with Gasteiger partial charge in [0.1, 0.15) is 5.75 Å². The lowest BCUT2D eigenvalue weighted by atomic mass is 9.89. The molecule has 0 amide bonds. The Morgan fingerprint density at radius 2 is 1.65 bits per heavy atom. The van der Waals surface area contributed by atoms with E-state index >= 15 is 0 Å². The zero-order chi connectivity index (χ0) is 24.2. The van der Waals surface area contributed by atoms with Crippen molar-refractivity contribution in [1.82, 2.24) is 4.90 Å². The van der Waals surface area contributed by atoms with Crippen molar-refractivity contribution in [2.45, 2.75) is 104 Å². The first-order chi connectivity index (χ1) is 16.5. The van der Waals surface area contributed by atoms with Gasteiger partial charge in [0.05, 0.1) is 19.1 Å². The average molecular weight is 466 g/mol. The van der Waals surface area contributed by atoms with Crippen molar-refractivity contribution in [3.8, 4) is 5.75 Å². The molecule has 3 aliphatic rings. The summed E-state index contributed by atoms with van der Waals surface area (Å²) in [6.07, 6.45) is 9.55. The number of piperidine rings is 1. The van der Waals surface area contributed by atoms with Gasteiger partial charge in [0, 0.05) is 18.6 Å². The zero-order valence-corrected chi connectivity index (χ0v) is 21.8. The number of nitrogens with zero attached hydrogens (tertiary/aromatic N) is 1. The molecular formula is C30H43NO3. The largest absolute Gasteiger partial charge is 0.490 e. The van der Waals surface area contributed by atoms with Gasteiger partial charge in [-0.3, -0.25) is 9.69 Å². The van der Waals surface area contributed by atoms with E-state index in [9.17, 15) is 4.79 Å². The molecule has 186 valence electrons. The number of fused-ring (bicyclic) bond motifs is 3. The van der Waals surface area contributed by atoms with Crippen LogP contribution in [0, 0.1) is 18.8 Å². The fraction of sp³-hybridized carbons (Fsp3) is 0.633. The molecule has 1 aliphatic carbocycles. The Labute approximate surface area is 206 Å². The molecule has 4 heteroatoms. The van der Waals surface area contributed by atoms with Gasteiger partial charge in [-0.05, 0) is 98.2 Å². The molecule has 34 heavy (non-hydrogen) atoms. The second kappa shape index (κ2) is 11.1. The topological polar surface area (TPSA) is 38.8 Å². The van der Waals surface area contributed by atoms with Crippen LogP contribution >= 0.6 is 0 Å². The molecule has 2 saturated heterocycles. The third-order valence-corrected chi connectivity index (χ3v) is 8.34. The van der Waals surface area contributed by atoms with Crippen LogP contribution in [0.15, 0.2) is 30.3 Å². The molecule has 0 aromatic heterocycles. The Balaban J connectivity index is 0.00000133. The molecule has 2 aromatic carbocycles. The molecular weight excluding hydrogens is 422 g/mol. The van der Waals surface area contributed by atoms with E-state index in [1.54, 1.807) is 0 Å². The quantitative estimate of drug-likeness (QED) is 0.444. The summed E-state index contributed by atoms with van der Waals surface area (Å²) in [6.45, 7) is 9.51.